The maximum Gasteiger partial charge on any atom is 0.127 e. The molecule has 1 unspecified atom stereocenters. The lowest BCUT2D eigenvalue weighted by molar-refractivity contribution is 0.414. The Labute approximate surface area is 113 Å². The van der Waals surface area contributed by atoms with Crippen LogP contribution in [0.2, 0.25) is 0 Å². The average molecular weight is 260 g/mol. The number of ether oxygens (including phenoxy) is 1. The van der Waals surface area contributed by atoms with Gasteiger partial charge in [-0.2, -0.15) is 0 Å². The zero-order chi connectivity index (χ0) is 13.7. The molecule has 0 radical (unpaired) electrons. The van der Waals surface area contributed by atoms with Gasteiger partial charge in [0.15, 0.2) is 0 Å². The van der Waals surface area contributed by atoms with Crippen LogP contribution in [-0.2, 0) is 13.0 Å². The van der Waals surface area contributed by atoms with Crippen LogP contribution >= 0.6 is 0 Å². The summed E-state index contributed by atoms with van der Waals surface area (Å²) < 4.78 is 7.24. The van der Waals surface area contributed by atoms with Gasteiger partial charge in [0.2, 0.25) is 0 Å². The number of nitrogens with one attached hydrogen (secondary N) is 1. The number of hydrogen-bond acceptors (Lipinski definition) is 4. The summed E-state index contributed by atoms with van der Waals surface area (Å²) in [5.74, 6) is 7.48. The molecule has 0 spiro atoms. The summed E-state index contributed by atoms with van der Waals surface area (Å²) >= 11 is 0. The lowest BCUT2D eigenvalue weighted by atomic mass is 10.1. The number of rotatable bonds is 6. The van der Waals surface area contributed by atoms with Crippen molar-refractivity contribution in [3.8, 4) is 5.75 Å². The van der Waals surface area contributed by atoms with E-state index >= 15 is 0 Å². The third-order valence-electron chi connectivity index (χ3n) is 3.20. The number of nitrogens with zero attached hydrogens (tertiary/aromatic N) is 2. The summed E-state index contributed by atoms with van der Waals surface area (Å²) in [6, 6.07) is 8.00. The van der Waals surface area contributed by atoms with E-state index in [2.05, 4.69) is 21.9 Å². The number of aryl methyl sites for hydroxylation is 1. The van der Waals surface area contributed by atoms with Crippen molar-refractivity contribution in [2.45, 2.75) is 25.9 Å². The molecule has 19 heavy (non-hydrogen) atoms. The van der Waals surface area contributed by atoms with Gasteiger partial charge in [0.1, 0.15) is 11.6 Å². The lowest BCUT2D eigenvalue weighted by Crippen LogP contribution is -2.31. The van der Waals surface area contributed by atoms with Gasteiger partial charge in [-0.15, -0.1) is 0 Å². The van der Waals surface area contributed by atoms with E-state index in [1.165, 1.54) is 5.56 Å². The van der Waals surface area contributed by atoms with Crippen LogP contribution in [0.25, 0.3) is 0 Å². The quantitative estimate of drug-likeness (QED) is 0.612. The monoisotopic (exact) mass is 260 g/mol. The first-order valence-corrected chi connectivity index (χ1v) is 6.38. The second kappa shape index (κ2) is 6.36. The molecule has 5 nitrogen and oxygen atoms in total. The van der Waals surface area contributed by atoms with Crippen molar-refractivity contribution in [3.05, 3.63) is 48.0 Å². The van der Waals surface area contributed by atoms with Gasteiger partial charge < -0.3 is 9.30 Å². The molecule has 1 heterocycles. The van der Waals surface area contributed by atoms with Crippen LogP contribution in [0.15, 0.2) is 36.7 Å². The second-order valence-corrected chi connectivity index (χ2v) is 4.34. The average Bonchev–Trinajstić information content (AvgIpc) is 2.93. The third-order valence-corrected chi connectivity index (χ3v) is 3.20. The molecule has 3 N–H and O–H groups in total. The van der Waals surface area contributed by atoms with Crippen molar-refractivity contribution in [1.29, 1.82) is 0 Å². The number of hydrazine groups is 1. The highest BCUT2D eigenvalue weighted by atomic mass is 16.5. The first kappa shape index (κ1) is 13.6. The van der Waals surface area contributed by atoms with Crippen LogP contribution in [0.5, 0.6) is 5.75 Å². The van der Waals surface area contributed by atoms with E-state index in [9.17, 15) is 0 Å². The molecule has 0 saturated heterocycles. The molecule has 0 saturated carbocycles. The molecular formula is C14H20N4O. The number of hydrogen-bond donors (Lipinski definition) is 2. The van der Waals surface area contributed by atoms with Crippen molar-refractivity contribution < 1.29 is 4.74 Å². The first-order chi connectivity index (χ1) is 9.28. The molecular weight excluding hydrogens is 240 g/mol. The predicted molar refractivity (Wildman–Crippen MR) is 74.7 cm³/mol. The molecule has 0 bridgehead atoms. The molecule has 0 fully saturated rings. The van der Waals surface area contributed by atoms with Crippen LogP contribution in [0.3, 0.4) is 0 Å². The van der Waals surface area contributed by atoms with Crippen molar-refractivity contribution >= 4 is 0 Å². The summed E-state index contributed by atoms with van der Waals surface area (Å²) in [6.45, 7) is 2.97. The largest absolute Gasteiger partial charge is 0.497 e. The molecule has 102 valence electrons. The Kier molecular flexibility index (Phi) is 4.54. The molecule has 0 aliphatic rings. The van der Waals surface area contributed by atoms with Crippen LogP contribution in [0, 0.1) is 0 Å². The minimum Gasteiger partial charge on any atom is -0.497 e. The van der Waals surface area contributed by atoms with Gasteiger partial charge in [-0.25, -0.2) is 10.4 Å². The Balaban J connectivity index is 2.14. The van der Waals surface area contributed by atoms with E-state index in [-0.39, 0.29) is 6.04 Å². The first-order valence-electron chi connectivity index (χ1n) is 6.38. The maximum absolute atomic E-state index is 5.66. The minimum atomic E-state index is 0.00310. The number of aromatic nitrogens is 2. The number of nitrogens with two attached hydrogens (primary N) is 1. The predicted octanol–water partition coefficient (Wildman–Crippen LogP) is 1.66. The van der Waals surface area contributed by atoms with E-state index in [1.807, 2.05) is 30.5 Å². The zero-order valence-corrected chi connectivity index (χ0v) is 11.3. The fraction of sp³-hybridized carbons (Fsp3) is 0.357. The van der Waals surface area contributed by atoms with Crippen LogP contribution < -0.4 is 16.0 Å². The summed E-state index contributed by atoms with van der Waals surface area (Å²) in [4.78, 5) is 4.38. The van der Waals surface area contributed by atoms with Gasteiger partial charge in [-0.05, 0) is 31.0 Å². The summed E-state index contributed by atoms with van der Waals surface area (Å²) in [7, 11) is 1.66. The Morgan fingerprint density at radius 2 is 2.11 bits per heavy atom. The Morgan fingerprint density at radius 1 is 1.37 bits per heavy atom. The summed E-state index contributed by atoms with van der Waals surface area (Å²) in [6.07, 6.45) is 4.56. The number of imidazole rings is 1. The third kappa shape index (κ3) is 3.13. The van der Waals surface area contributed by atoms with E-state index in [0.717, 1.165) is 24.5 Å². The Bertz CT molecular complexity index is 506. The van der Waals surface area contributed by atoms with Gasteiger partial charge in [0.25, 0.3) is 0 Å². The van der Waals surface area contributed by atoms with Crippen molar-refractivity contribution in [3.63, 3.8) is 0 Å². The number of benzene rings is 1. The molecule has 2 aromatic rings. The van der Waals surface area contributed by atoms with Gasteiger partial charge in [-0.1, -0.05) is 12.1 Å². The van der Waals surface area contributed by atoms with Gasteiger partial charge in [0.05, 0.1) is 13.2 Å². The normalized spacial score (nSPS) is 12.4. The highest BCUT2D eigenvalue weighted by molar-refractivity contribution is 5.28. The molecule has 0 amide bonds. The molecule has 2 rings (SSSR count). The zero-order valence-electron chi connectivity index (χ0n) is 11.3. The summed E-state index contributed by atoms with van der Waals surface area (Å²) in [5.41, 5.74) is 4.03. The SMILES string of the molecule is CCn1ccnc1C(Cc1ccc(OC)cc1)NN. The lowest BCUT2D eigenvalue weighted by Gasteiger charge is -2.17. The van der Waals surface area contributed by atoms with E-state index in [0.29, 0.717) is 0 Å². The molecule has 0 aliphatic heterocycles. The topological polar surface area (TPSA) is 65.1 Å². The van der Waals surface area contributed by atoms with Gasteiger partial charge >= 0.3 is 0 Å². The fourth-order valence-corrected chi connectivity index (χ4v) is 2.12. The second-order valence-electron chi connectivity index (χ2n) is 4.34. The van der Waals surface area contributed by atoms with Crippen molar-refractivity contribution in [2.75, 3.05) is 7.11 Å². The van der Waals surface area contributed by atoms with Crippen LogP contribution in [0.1, 0.15) is 24.4 Å². The fourth-order valence-electron chi connectivity index (χ4n) is 2.12. The van der Waals surface area contributed by atoms with E-state index in [4.69, 9.17) is 10.6 Å². The molecule has 0 aliphatic carbocycles. The molecule has 5 heteroatoms. The molecule has 1 aromatic heterocycles. The van der Waals surface area contributed by atoms with E-state index < -0.39 is 0 Å². The highest BCUT2D eigenvalue weighted by Crippen LogP contribution is 2.18. The standard InChI is InChI=1S/C14H20N4O/c1-3-18-9-8-16-14(18)13(17-15)10-11-4-6-12(19-2)7-5-11/h4-9,13,17H,3,10,15H2,1-2H3. The van der Waals surface area contributed by atoms with Gasteiger partial charge in [-0.3, -0.25) is 5.84 Å². The van der Waals surface area contributed by atoms with Crippen molar-refractivity contribution in [1.82, 2.24) is 15.0 Å². The summed E-state index contributed by atoms with van der Waals surface area (Å²) in [5, 5.41) is 0. The number of methoxy groups -OCH3 is 1. The smallest absolute Gasteiger partial charge is 0.127 e. The van der Waals surface area contributed by atoms with E-state index in [1.54, 1.807) is 13.3 Å². The van der Waals surface area contributed by atoms with Crippen LogP contribution in [-0.4, -0.2) is 16.7 Å². The van der Waals surface area contributed by atoms with Crippen LogP contribution in [0.4, 0.5) is 0 Å². The van der Waals surface area contributed by atoms with Gasteiger partial charge in [0, 0.05) is 18.9 Å². The Hall–Kier alpha value is -1.85. The maximum atomic E-state index is 5.66. The van der Waals surface area contributed by atoms with Crippen molar-refractivity contribution in [2.24, 2.45) is 5.84 Å². The molecule has 1 aromatic carbocycles. The Morgan fingerprint density at radius 3 is 2.68 bits per heavy atom. The highest BCUT2D eigenvalue weighted by Gasteiger charge is 2.15. The minimum absolute atomic E-state index is 0.00310. The molecule has 1 atom stereocenters.